The summed E-state index contributed by atoms with van der Waals surface area (Å²) in [6.07, 6.45) is 8.24. The molecular weight excluding hydrogens is 583 g/mol. The van der Waals surface area contributed by atoms with E-state index in [4.69, 9.17) is 37.8 Å². The molecule has 1 unspecified atom stereocenters. The van der Waals surface area contributed by atoms with E-state index in [0.29, 0.717) is 28.9 Å². The second kappa shape index (κ2) is 14.3. The third-order valence-electron chi connectivity index (χ3n) is 7.18. The fourth-order valence-corrected chi connectivity index (χ4v) is 6.43. The molecular formula is C31H34Cl2N2O5S. The van der Waals surface area contributed by atoms with Crippen LogP contribution in [0.25, 0.3) is 17.3 Å². The Balaban J connectivity index is 1.58. The van der Waals surface area contributed by atoms with Crippen molar-refractivity contribution in [1.29, 1.82) is 0 Å². The molecule has 3 aromatic rings. The van der Waals surface area contributed by atoms with E-state index in [1.165, 1.54) is 55.7 Å². The summed E-state index contributed by atoms with van der Waals surface area (Å²) < 4.78 is 12.4. The zero-order chi connectivity index (χ0) is 29.5. The van der Waals surface area contributed by atoms with Gasteiger partial charge in [-0.25, -0.2) is 9.78 Å². The second-order valence-corrected chi connectivity index (χ2v) is 11.8. The van der Waals surface area contributed by atoms with E-state index in [2.05, 4.69) is 23.3 Å². The van der Waals surface area contributed by atoms with Crippen LogP contribution in [-0.4, -0.2) is 35.7 Å². The first kappa shape index (κ1) is 31.0. The van der Waals surface area contributed by atoms with Crippen molar-refractivity contribution >= 4 is 57.6 Å². The number of carboxylic acid groups (broad SMARTS) is 1. The summed E-state index contributed by atoms with van der Waals surface area (Å²) in [6.45, 7) is 4.24. The first-order chi connectivity index (χ1) is 19.7. The van der Waals surface area contributed by atoms with E-state index in [1.54, 1.807) is 7.11 Å². The average Bonchev–Trinajstić information content (AvgIpc) is 3.43. The predicted molar refractivity (Wildman–Crippen MR) is 165 cm³/mol. The Morgan fingerprint density at radius 1 is 1.20 bits per heavy atom. The number of aliphatic carboxylic acids is 1. The molecule has 0 spiro atoms. The van der Waals surface area contributed by atoms with Crippen molar-refractivity contribution in [3.8, 4) is 17.0 Å². The van der Waals surface area contributed by atoms with E-state index < -0.39 is 11.9 Å². The minimum absolute atomic E-state index is 0.0467. The van der Waals surface area contributed by atoms with Crippen molar-refractivity contribution < 1.29 is 24.2 Å². The first-order valence-corrected chi connectivity index (χ1v) is 15.3. The molecule has 1 saturated carbocycles. The Kier molecular flexibility index (Phi) is 10.8. The van der Waals surface area contributed by atoms with Crippen LogP contribution in [0.1, 0.15) is 80.0 Å². The average molecular weight is 618 g/mol. The number of para-hydroxylation sites is 1. The lowest BCUT2D eigenvalue weighted by Crippen LogP contribution is -2.20. The standard InChI is InChI=1S/C31H34Cl2N2O5S/c1-4-13-40-27(19-9-6-5-7-10-19)22-12-8-11-21(28(22)39-3)26-17-41-31(34-26)35-29(36)20-15-24(32)23(25(33)16-20)14-18(2)30(37)38/h8,11-12,14-17,19,27H,4-7,9-10,13H2,1-3H3,(H,37,38)(H,34,35,36)/b18-14+. The van der Waals surface area contributed by atoms with Gasteiger partial charge in [-0.3, -0.25) is 10.1 Å². The minimum Gasteiger partial charge on any atom is -0.496 e. The Bertz CT molecular complexity index is 1410. The van der Waals surface area contributed by atoms with Crippen LogP contribution in [0.2, 0.25) is 10.0 Å². The number of benzene rings is 2. The molecule has 1 aliphatic carbocycles. The van der Waals surface area contributed by atoms with Gasteiger partial charge in [-0.1, -0.05) is 61.5 Å². The van der Waals surface area contributed by atoms with Crippen LogP contribution in [0.4, 0.5) is 5.13 Å². The lowest BCUT2D eigenvalue weighted by Gasteiger charge is -2.32. The number of amides is 1. The number of anilines is 1. The van der Waals surface area contributed by atoms with Gasteiger partial charge in [0.15, 0.2) is 5.13 Å². The summed E-state index contributed by atoms with van der Waals surface area (Å²) >= 11 is 14.0. The van der Waals surface area contributed by atoms with E-state index in [9.17, 15) is 9.59 Å². The van der Waals surface area contributed by atoms with Crippen LogP contribution in [0.15, 0.2) is 41.3 Å². The van der Waals surface area contributed by atoms with Gasteiger partial charge >= 0.3 is 5.97 Å². The molecule has 0 aliphatic heterocycles. The molecule has 1 heterocycles. The van der Waals surface area contributed by atoms with E-state index in [0.717, 1.165) is 36.1 Å². The number of carbonyl (C=O) groups excluding carboxylic acids is 1. The number of carboxylic acids is 1. The van der Waals surface area contributed by atoms with Crippen LogP contribution in [0.3, 0.4) is 0 Å². The smallest absolute Gasteiger partial charge is 0.331 e. The maximum Gasteiger partial charge on any atom is 0.331 e. The Hall–Kier alpha value is -2.91. The summed E-state index contributed by atoms with van der Waals surface area (Å²) in [6, 6.07) is 8.95. The van der Waals surface area contributed by atoms with Crippen LogP contribution in [-0.2, 0) is 9.53 Å². The maximum absolute atomic E-state index is 13.0. The van der Waals surface area contributed by atoms with Gasteiger partial charge in [0.1, 0.15) is 5.75 Å². The van der Waals surface area contributed by atoms with Crippen LogP contribution >= 0.6 is 34.5 Å². The molecule has 2 aromatic carbocycles. The highest BCUT2D eigenvalue weighted by molar-refractivity contribution is 7.14. The number of aromatic nitrogens is 1. The SMILES string of the molecule is CCCOC(c1cccc(-c2csc(NC(=O)c3cc(Cl)c(/C=C(\C)C(=O)O)c(Cl)c3)n2)c1OC)C1CCCCC1. The van der Waals surface area contributed by atoms with Gasteiger partial charge in [0, 0.05) is 39.8 Å². The molecule has 4 rings (SSSR count). The summed E-state index contributed by atoms with van der Waals surface area (Å²) in [5.41, 5.74) is 3.18. The lowest BCUT2D eigenvalue weighted by atomic mass is 9.82. The molecule has 41 heavy (non-hydrogen) atoms. The maximum atomic E-state index is 13.0. The number of rotatable bonds is 11. The fourth-order valence-electron chi connectivity index (χ4n) is 5.13. The number of nitrogens with zero attached hydrogens (tertiary/aromatic N) is 1. The van der Waals surface area contributed by atoms with Crippen molar-refractivity contribution in [1.82, 2.24) is 4.98 Å². The lowest BCUT2D eigenvalue weighted by molar-refractivity contribution is -0.132. The monoisotopic (exact) mass is 616 g/mol. The molecule has 1 amide bonds. The van der Waals surface area contributed by atoms with Crippen LogP contribution in [0, 0.1) is 5.92 Å². The topological polar surface area (TPSA) is 97.8 Å². The highest BCUT2D eigenvalue weighted by atomic mass is 35.5. The van der Waals surface area contributed by atoms with Gasteiger partial charge in [0.05, 0.1) is 29.0 Å². The number of methoxy groups -OCH3 is 1. The van der Waals surface area contributed by atoms with Crippen LogP contribution < -0.4 is 10.1 Å². The van der Waals surface area contributed by atoms with Crippen molar-refractivity contribution in [3.63, 3.8) is 0 Å². The van der Waals surface area contributed by atoms with Gasteiger partial charge in [-0.2, -0.15) is 0 Å². The number of nitrogens with one attached hydrogen (secondary N) is 1. The molecule has 0 radical (unpaired) electrons. The summed E-state index contributed by atoms with van der Waals surface area (Å²) in [7, 11) is 1.67. The normalized spacial score (nSPS) is 15.0. The van der Waals surface area contributed by atoms with Crippen molar-refractivity contribution in [2.75, 3.05) is 19.0 Å². The number of ether oxygens (including phenoxy) is 2. The van der Waals surface area contributed by atoms with E-state index in [-0.39, 0.29) is 27.3 Å². The Labute approximate surface area is 254 Å². The molecule has 218 valence electrons. The summed E-state index contributed by atoms with van der Waals surface area (Å²) in [4.78, 5) is 28.9. The Morgan fingerprint density at radius 3 is 2.54 bits per heavy atom. The predicted octanol–water partition coefficient (Wildman–Crippen LogP) is 8.91. The zero-order valence-corrected chi connectivity index (χ0v) is 25.7. The number of carbonyl (C=O) groups is 2. The summed E-state index contributed by atoms with van der Waals surface area (Å²) in [5, 5.41) is 14.6. The molecule has 10 heteroatoms. The third kappa shape index (κ3) is 7.49. The third-order valence-corrected chi connectivity index (χ3v) is 8.56. The first-order valence-electron chi connectivity index (χ1n) is 13.7. The minimum atomic E-state index is -1.08. The van der Waals surface area contributed by atoms with Crippen molar-refractivity contribution in [3.05, 3.63) is 68.0 Å². The van der Waals surface area contributed by atoms with Gasteiger partial charge in [-0.05, 0) is 56.4 Å². The number of hydrogen-bond acceptors (Lipinski definition) is 6. The van der Waals surface area contributed by atoms with Gasteiger partial charge < -0.3 is 14.6 Å². The molecule has 7 nitrogen and oxygen atoms in total. The van der Waals surface area contributed by atoms with Gasteiger partial charge in [0.2, 0.25) is 0 Å². The number of hydrogen-bond donors (Lipinski definition) is 2. The highest BCUT2D eigenvalue weighted by Gasteiger charge is 2.29. The molecule has 0 bridgehead atoms. The van der Waals surface area contributed by atoms with E-state index >= 15 is 0 Å². The largest absolute Gasteiger partial charge is 0.496 e. The van der Waals surface area contributed by atoms with Crippen LogP contribution in [0.5, 0.6) is 5.75 Å². The quantitative estimate of drug-likeness (QED) is 0.209. The van der Waals surface area contributed by atoms with E-state index in [1.807, 2.05) is 17.5 Å². The number of thiazole rings is 1. The second-order valence-electron chi connectivity index (χ2n) is 10.1. The van der Waals surface area contributed by atoms with Gasteiger partial charge in [0.25, 0.3) is 5.91 Å². The zero-order valence-electron chi connectivity index (χ0n) is 23.3. The van der Waals surface area contributed by atoms with Crippen molar-refractivity contribution in [2.24, 2.45) is 5.92 Å². The number of halogens is 2. The highest BCUT2D eigenvalue weighted by Crippen LogP contribution is 2.44. The Morgan fingerprint density at radius 2 is 1.90 bits per heavy atom. The molecule has 2 N–H and O–H groups in total. The molecule has 1 atom stereocenters. The molecule has 1 fully saturated rings. The van der Waals surface area contributed by atoms with Crippen molar-refractivity contribution in [2.45, 2.75) is 58.5 Å². The van der Waals surface area contributed by atoms with Gasteiger partial charge in [-0.15, -0.1) is 11.3 Å². The molecule has 1 aliphatic rings. The fraction of sp³-hybridized carbons (Fsp3) is 0.387. The molecule has 1 aromatic heterocycles. The molecule has 0 saturated heterocycles. The summed E-state index contributed by atoms with van der Waals surface area (Å²) in [5.74, 6) is -0.343.